The van der Waals surface area contributed by atoms with E-state index in [1.807, 2.05) is 19.1 Å². The number of carbonyl (C=O) groups is 2. The first-order valence-electron chi connectivity index (χ1n) is 10.9. The highest BCUT2D eigenvalue weighted by molar-refractivity contribution is 9.11. The Morgan fingerprint density at radius 2 is 1.78 bits per heavy atom. The van der Waals surface area contributed by atoms with Gasteiger partial charge in [0.2, 0.25) is 0 Å². The first-order chi connectivity index (χ1) is 17.7. The molecule has 0 fully saturated rings. The predicted octanol–water partition coefficient (Wildman–Crippen LogP) is 7.16. The topological polar surface area (TPSA) is 110 Å². The molecule has 0 saturated carbocycles. The van der Waals surface area contributed by atoms with Crippen LogP contribution in [0.5, 0.6) is 11.5 Å². The molecule has 8 nitrogen and oxygen atoms in total. The number of nitrogens with zero attached hydrogens (tertiary/aromatic N) is 1. The molecule has 0 aliphatic heterocycles. The van der Waals surface area contributed by atoms with Crippen LogP contribution in [-0.2, 0) is 6.61 Å². The summed E-state index contributed by atoms with van der Waals surface area (Å²) in [6.07, 6.45) is 1.48. The number of halogens is 3. The Morgan fingerprint density at radius 3 is 2.49 bits per heavy atom. The van der Waals surface area contributed by atoms with Gasteiger partial charge in [-0.3, -0.25) is 4.79 Å². The van der Waals surface area contributed by atoms with E-state index in [1.54, 1.807) is 30.3 Å². The van der Waals surface area contributed by atoms with Crippen molar-refractivity contribution in [3.8, 4) is 11.5 Å². The second-order valence-corrected chi connectivity index (χ2v) is 10.3. The van der Waals surface area contributed by atoms with Crippen LogP contribution < -0.4 is 14.9 Å². The highest BCUT2D eigenvalue weighted by Crippen LogP contribution is 2.37. The molecule has 1 amide bonds. The molecule has 190 valence electrons. The van der Waals surface area contributed by atoms with Crippen molar-refractivity contribution in [1.29, 1.82) is 0 Å². The van der Waals surface area contributed by atoms with Gasteiger partial charge >= 0.3 is 11.9 Å². The molecular weight excluding hydrogens is 676 g/mol. The van der Waals surface area contributed by atoms with E-state index < -0.39 is 11.9 Å². The number of hydrogen-bond acceptors (Lipinski definition) is 6. The van der Waals surface area contributed by atoms with Gasteiger partial charge in [-0.15, -0.1) is 0 Å². The van der Waals surface area contributed by atoms with Crippen molar-refractivity contribution in [2.45, 2.75) is 13.5 Å². The molecule has 0 bridgehead atoms. The standard InChI is InChI=1S/C26H19Br3N2O6/c1-2-35-21-8-15(7-19(28)24(21)36-13-14-3-5-16(6-4-14)26(33)34)12-30-31-25(32)22-10-17-9-18(27)11-20(29)23(17)37-22/h3-12H,2,13H2,1H3,(H,31,32)(H,33,34)/b30-12-. The molecule has 4 aromatic rings. The number of nitrogens with one attached hydrogen (secondary N) is 1. The lowest BCUT2D eigenvalue weighted by Gasteiger charge is -2.14. The van der Waals surface area contributed by atoms with Gasteiger partial charge in [0.05, 0.1) is 27.3 Å². The highest BCUT2D eigenvalue weighted by Gasteiger charge is 2.15. The van der Waals surface area contributed by atoms with Crippen molar-refractivity contribution < 1.29 is 28.6 Å². The Balaban J connectivity index is 1.46. The van der Waals surface area contributed by atoms with E-state index in [4.69, 9.17) is 19.0 Å². The van der Waals surface area contributed by atoms with Gasteiger partial charge in [-0.2, -0.15) is 5.10 Å². The molecule has 37 heavy (non-hydrogen) atoms. The number of carboxylic acids is 1. The zero-order valence-electron chi connectivity index (χ0n) is 19.3. The molecule has 0 saturated heterocycles. The lowest BCUT2D eigenvalue weighted by Crippen LogP contribution is -2.16. The molecule has 3 aromatic carbocycles. The number of hydrazone groups is 1. The summed E-state index contributed by atoms with van der Waals surface area (Å²) in [5.41, 5.74) is 4.70. The van der Waals surface area contributed by atoms with Gasteiger partial charge in [0.15, 0.2) is 17.3 Å². The van der Waals surface area contributed by atoms with Gasteiger partial charge in [-0.05, 0) is 92.4 Å². The number of rotatable bonds is 9. The molecule has 4 rings (SSSR count). The Hall–Kier alpha value is -3.15. The molecule has 0 spiro atoms. The van der Waals surface area contributed by atoms with Crippen molar-refractivity contribution in [1.82, 2.24) is 5.43 Å². The third-order valence-corrected chi connectivity index (χ3v) is 6.69. The van der Waals surface area contributed by atoms with Crippen LogP contribution >= 0.6 is 47.8 Å². The molecule has 1 heterocycles. The molecule has 1 aromatic heterocycles. The van der Waals surface area contributed by atoms with Crippen molar-refractivity contribution in [3.05, 3.63) is 90.5 Å². The number of carbonyl (C=O) groups excluding carboxylic acids is 1. The second kappa shape index (κ2) is 11.9. The van der Waals surface area contributed by atoms with Crippen molar-refractivity contribution in [2.24, 2.45) is 5.10 Å². The van der Waals surface area contributed by atoms with E-state index in [9.17, 15) is 9.59 Å². The molecule has 0 aliphatic carbocycles. The maximum atomic E-state index is 12.5. The number of amides is 1. The van der Waals surface area contributed by atoms with Gasteiger partial charge in [-0.25, -0.2) is 10.2 Å². The van der Waals surface area contributed by atoms with Crippen molar-refractivity contribution in [3.63, 3.8) is 0 Å². The third kappa shape index (κ3) is 6.60. The summed E-state index contributed by atoms with van der Waals surface area (Å²) >= 11 is 10.3. The Kier molecular flexibility index (Phi) is 8.67. The van der Waals surface area contributed by atoms with Gasteiger partial charge in [0.1, 0.15) is 12.2 Å². The summed E-state index contributed by atoms with van der Waals surface area (Å²) in [5, 5.41) is 13.9. The zero-order chi connectivity index (χ0) is 26.5. The first kappa shape index (κ1) is 26.9. The van der Waals surface area contributed by atoms with Crippen LogP contribution in [0.15, 0.2) is 77.5 Å². The smallest absolute Gasteiger partial charge is 0.335 e. The SMILES string of the molecule is CCOc1cc(/C=N\NC(=O)c2cc3cc(Br)cc(Br)c3o2)cc(Br)c1OCc1ccc(C(=O)O)cc1. The molecule has 11 heteroatoms. The number of carboxylic acid groups (broad SMARTS) is 1. The quantitative estimate of drug-likeness (QED) is 0.142. The fourth-order valence-electron chi connectivity index (χ4n) is 3.37. The number of fused-ring (bicyclic) bond motifs is 1. The number of hydrogen-bond donors (Lipinski definition) is 2. The number of furan rings is 1. The summed E-state index contributed by atoms with van der Waals surface area (Å²) < 4.78 is 19.6. The Bertz CT molecular complexity index is 1500. The highest BCUT2D eigenvalue weighted by atomic mass is 79.9. The number of aromatic carboxylic acids is 1. The summed E-state index contributed by atoms with van der Waals surface area (Å²) in [7, 11) is 0. The van der Waals surface area contributed by atoms with E-state index in [-0.39, 0.29) is 17.9 Å². The lowest BCUT2D eigenvalue weighted by atomic mass is 10.1. The van der Waals surface area contributed by atoms with Crippen LogP contribution in [0.1, 0.15) is 39.0 Å². The molecule has 0 radical (unpaired) electrons. The van der Waals surface area contributed by atoms with E-state index >= 15 is 0 Å². The molecule has 0 aliphatic rings. The van der Waals surface area contributed by atoms with Gasteiger partial charge in [-0.1, -0.05) is 28.1 Å². The predicted molar refractivity (Wildman–Crippen MR) is 150 cm³/mol. The van der Waals surface area contributed by atoms with Crippen LogP contribution in [0, 0.1) is 0 Å². The summed E-state index contributed by atoms with van der Waals surface area (Å²) in [6, 6.07) is 15.3. The van der Waals surface area contributed by atoms with Crippen LogP contribution in [-0.4, -0.2) is 29.8 Å². The Labute approximate surface area is 237 Å². The number of ether oxygens (including phenoxy) is 2. The first-order valence-corrected chi connectivity index (χ1v) is 13.3. The van der Waals surface area contributed by atoms with Gasteiger partial charge in [0.25, 0.3) is 0 Å². The van der Waals surface area contributed by atoms with E-state index in [0.717, 1.165) is 19.9 Å². The molecular formula is C26H19Br3N2O6. The van der Waals surface area contributed by atoms with Crippen LogP contribution in [0.2, 0.25) is 0 Å². The normalized spacial score (nSPS) is 11.1. The minimum absolute atomic E-state index is 0.127. The van der Waals surface area contributed by atoms with Crippen molar-refractivity contribution in [2.75, 3.05) is 6.61 Å². The van der Waals surface area contributed by atoms with Crippen molar-refractivity contribution >= 4 is 76.9 Å². The summed E-state index contributed by atoms with van der Waals surface area (Å²) in [5.74, 6) is -0.374. The molecule has 0 atom stereocenters. The third-order valence-electron chi connectivity index (χ3n) is 5.05. The average molecular weight is 695 g/mol. The minimum atomic E-state index is -0.985. The fraction of sp³-hybridized carbons (Fsp3) is 0.115. The second-order valence-electron chi connectivity index (χ2n) is 7.67. The van der Waals surface area contributed by atoms with Gasteiger partial charge < -0.3 is 19.0 Å². The van der Waals surface area contributed by atoms with Crippen LogP contribution in [0.25, 0.3) is 11.0 Å². The van der Waals surface area contributed by atoms with Gasteiger partial charge in [0, 0.05) is 9.86 Å². The fourth-order valence-corrected chi connectivity index (χ4v) is 5.29. The monoisotopic (exact) mass is 692 g/mol. The maximum Gasteiger partial charge on any atom is 0.335 e. The van der Waals surface area contributed by atoms with Crippen LogP contribution in [0.3, 0.4) is 0 Å². The number of benzene rings is 3. The summed E-state index contributed by atoms with van der Waals surface area (Å²) in [6.45, 7) is 2.48. The molecule has 2 N–H and O–H groups in total. The zero-order valence-corrected chi connectivity index (χ0v) is 24.0. The molecule has 0 unspecified atom stereocenters. The average Bonchev–Trinajstić information content (AvgIpc) is 3.28. The van der Waals surface area contributed by atoms with Crippen LogP contribution in [0.4, 0.5) is 0 Å². The Morgan fingerprint density at radius 1 is 1.03 bits per heavy atom. The minimum Gasteiger partial charge on any atom is -0.490 e. The summed E-state index contributed by atoms with van der Waals surface area (Å²) in [4.78, 5) is 23.6. The van der Waals surface area contributed by atoms with E-state index in [0.29, 0.717) is 33.7 Å². The lowest BCUT2D eigenvalue weighted by molar-refractivity contribution is 0.0696. The largest absolute Gasteiger partial charge is 0.490 e. The van der Waals surface area contributed by atoms with E-state index in [1.165, 1.54) is 18.3 Å². The van der Waals surface area contributed by atoms with E-state index in [2.05, 4.69) is 58.3 Å². The maximum absolute atomic E-state index is 12.5.